The SMILES string of the molecule is C[C@@H](C(=O)N1CCN(c2ccc(F)cc2)CC1)C1CCN(C(=O)c2cc3cc(Cl)ccc3[nH]2)CC1. The lowest BCUT2D eigenvalue weighted by Crippen LogP contribution is -2.51. The lowest BCUT2D eigenvalue weighted by Gasteiger charge is -2.39. The van der Waals surface area contributed by atoms with Crippen LogP contribution in [0.3, 0.4) is 0 Å². The third kappa shape index (κ3) is 5.01. The van der Waals surface area contributed by atoms with Gasteiger partial charge in [-0.05, 0) is 67.3 Å². The molecule has 2 aliphatic rings. The molecular formula is C27H30ClFN4O2. The zero-order valence-corrected chi connectivity index (χ0v) is 20.6. The number of aromatic nitrogens is 1. The first-order chi connectivity index (χ1) is 16.9. The molecule has 35 heavy (non-hydrogen) atoms. The molecule has 0 aliphatic carbocycles. The number of fused-ring (bicyclic) bond motifs is 1. The zero-order valence-electron chi connectivity index (χ0n) is 19.8. The lowest BCUT2D eigenvalue weighted by atomic mass is 9.84. The number of H-pyrrole nitrogens is 1. The molecule has 5 rings (SSSR count). The number of nitrogens with one attached hydrogen (secondary N) is 1. The molecule has 3 heterocycles. The van der Waals surface area contributed by atoms with Crippen molar-refractivity contribution in [1.82, 2.24) is 14.8 Å². The van der Waals surface area contributed by atoms with E-state index < -0.39 is 0 Å². The smallest absolute Gasteiger partial charge is 0.270 e. The summed E-state index contributed by atoms with van der Waals surface area (Å²) in [6.45, 7) is 6.15. The first-order valence-electron chi connectivity index (χ1n) is 12.3. The molecule has 2 aliphatic heterocycles. The number of rotatable bonds is 4. The van der Waals surface area contributed by atoms with Gasteiger partial charge in [-0.25, -0.2) is 4.39 Å². The van der Waals surface area contributed by atoms with Crippen molar-refractivity contribution in [3.8, 4) is 0 Å². The van der Waals surface area contributed by atoms with Gasteiger partial charge < -0.3 is 19.7 Å². The predicted molar refractivity (Wildman–Crippen MR) is 136 cm³/mol. The molecule has 0 radical (unpaired) electrons. The fourth-order valence-electron chi connectivity index (χ4n) is 5.32. The van der Waals surface area contributed by atoms with E-state index in [1.54, 1.807) is 18.2 Å². The number of piperidine rings is 1. The van der Waals surface area contributed by atoms with E-state index in [1.165, 1.54) is 12.1 Å². The fourth-order valence-corrected chi connectivity index (χ4v) is 5.50. The second-order valence-corrected chi connectivity index (χ2v) is 10.1. The number of amides is 2. The van der Waals surface area contributed by atoms with Crippen LogP contribution in [0.4, 0.5) is 10.1 Å². The van der Waals surface area contributed by atoms with Crippen molar-refractivity contribution in [2.75, 3.05) is 44.2 Å². The van der Waals surface area contributed by atoms with Crippen LogP contribution in [0.5, 0.6) is 0 Å². The molecule has 3 aromatic rings. The van der Waals surface area contributed by atoms with Gasteiger partial charge in [-0.3, -0.25) is 9.59 Å². The summed E-state index contributed by atoms with van der Waals surface area (Å²) in [5.41, 5.74) is 2.46. The van der Waals surface area contributed by atoms with Gasteiger partial charge in [-0.1, -0.05) is 18.5 Å². The minimum atomic E-state index is -0.240. The second kappa shape index (κ2) is 9.90. The Bertz CT molecular complexity index is 1210. The number of benzene rings is 2. The van der Waals surface area contributed by atoms with Crippen molar-refractivity contribution in [3.05, 3.63) is 65.1 Å². The summed E-state index contributed by atoms with van der Waals surface area (Å²) in [5.74, 6) is 0.145. The molecule has 0 unspecified atom stereocenters. The van der Waals surface area contributed by atoms with Gasteiger partial charge in [0, 0.05) is 66.8 Å². The standard InChI is InChI=1S/C27H30ClFN4O2/c1-18(26(34)33-14-12-31(13-15-33)23-5-3-22(29)4-6-23)19-8-10-32(11-9-19)27(35)25-17-20-16-21(28)2-7-24(20)30-25/h2-7,16-19,30H,8-15H2,1H3/t18-/m1/s1. The minimum Gasteiger partial charge on any atom is -0.368 e. The Balaban J connectivity index is 1.13. The van der Waals surface area contributed by atoms with Crippen LogP contribution < -0.4 is 4.90 Å². The number of aromatic amines is 1. The Morgan fingerprint density at radius 2 is 1.63 bits per heavy atom. The van der Waals surface area contributed by atoms with Crippen molar-refractivity contribution in [2.24, 2.45) is 11.8 Å². The van der Waals surface area contributed by atoms with Crippen LogP contribution in [0.1, 0.15) is 30.3 Å². The topological polar surface area (TPSA) is 59.7 Å². The van der Waals surface area contributed by atoms with Crippen molar-refractivity contribution >= 4 is 40.0 Å². The third-order valence-electron chi connectivity index (χ3n) is 7.52. The zero-order chi connectivity index (χ0) is 24.5. The highest BCUT2D eigenvalue weighted by molar-refractivity contribution is 6.31. The van der Waals surface area contributed by atoms with Crippen LogP contribution in [0.2, 0.25) is 5.02 Å². The van der Waals surface area contributed by atoms with Crippen LogP contribution in [0.25, 0.3) is 10.9 Å². The van der Waals surface area contributed by atoms with Gasteiger partial charge in [0.1, 0.15) is 11.5 Å². The maximum Gasteiger partial charge on any atom is 0.270 e. The number of carbonyl (C=O) groups excluding carboxylic acids is 2. The number of nitrogens with zero attached hydrogens (tertiary/aromatic N) is 3. The summed E-state index contributed by atoms with van der Waals surface area (Å²) in [7, 11) is 0. The normalized spacial score (nSPS) is 18.2. The van der Waals surface area contributed by atoms with Gasteiger partial charge in [0.25, 0.3) is 5.91 Å². The summed E-state index contributed by atoms with van der Waals surface area (Å²) in [4.78, 5) is 35.5. The molecule has 2 aromatic carbocycles. The lowest BCUT2D eigenvalue weighted by molar-refractivity contribution is -0.137. The number of piperazine rings is 1. The minimum absolute atomic E-state index is 0.00772. The Labute approximate surface area is 209 Å². The van der Waals surface area contributed by atoms with Crippen LogP contribution in [-0.4, -0.2) is 65.9 Å². The number of anilines is 1. The van der Waals surface area contributed by atoms with E-state index >= 15 is 0 Å². The molecule has 6 nitrogen and oxygen atoms in total. The molecule has 1 aromatic heterocycles. The van der Waals surface area contributed by atoms with Crippen molar-refractivity contribution in [2.45, 2.75) is 19.8 Å². The van der Waals surface area contributed by atoms with Crippen LogP contribution >= 0.6 is 11.6 Å². The maximum absolute atomic E-state index is 13.2. The number of carbonyl (C=O) groups is 2. The van der Waals surface area contributed by atoms with E-state index in [4.69, 9.17) is 11.6 Å². The average molecular weight is 497 g/mol. The molecular weight excluding hydrogens is 467 g/mol. The van der Waals surface area contributed by atoms with Gasteiger partial charge in [-0.2, -0.15) is 0 Å². The predicted octanol–water partition coefficient (Wildman–Crippen LogP) is 4.80. The molecule has 184 valence electrons. The Kier molecular flexibility index (Phi) is 6.69. The van der Waals surface area contributed by atoms with Gasteiger partial charge in [0.2, 0.25) is 5.91 Å². The Hall–Kier alpha value is -3.06. The Morgan fingerprint density at radius 1 is 0.943 bits per heavy atom. The third-order valence-corrected chi connectivity index (χ3v) is 7.75. The van der Waals surface area contributed by atoms with Gasteiger partial charge >= 0.3 is 0 Å². The highest BCUT2D eigenvalue weighted by Gasteiger charge is 2.33. The number of hydrogen-bond acceptors (Lipinski definition) is 3. The van der Waals surface area contributed by atoms with Crippen molar-refractivity contribution in [3.63, 3.8) is 0 Å². The number of hydrogen-bond donors (Lipinski definition) is 1. The first-order valence-corrected chi connectivity index (χ1v) is 12.6. The van der Waals surface area contributed by atoms with E-state index in [-0.39, 0.29) is 29.5 Å². The molecule has 2 saturated heterocycles. The van der Waals surface area contributed by atoms with Crippen LogP contribution in [0.15, 0.2) is 48.5 Å². The highest BCUT2D eigenvalue weighted by Crippen LogP contribution is 2.29. The molecule has 0 bridgehead atoms. The summed E-state index contributed by atoms with van der Waals surface area (Å²) >= 11 is 6.07. The number of likely N-dealkylation sites (tertiary alicyclic amines) is 1. The number of halogens is 2. The van der Waals surface area contributed by atoms with E-state index in [1.807, 2.05) is 34.9 Å². The second-order valence-electron chi connectivity index (χ2n) is 9.62. The average Bonchev–Trinajstić information content (AvgIpc) is 3.31. The molecule has 8 heteroatoms. The van der Waals surface area contributed by atoms with Gasteiger partial charge in [0.15, 0.2) is 0 Å². The Morgan fingerprint density at radius 3 is 2.31 bits per heavy atom. The first kappa shape index (κ1) is 23.7. The molecule has 1 N–H and O–H groups in total. The summed E-state index contributed by atoms with van der Waals surface area (Å²) < 4.78 is 13.2. The molecule has 2 amide bonds. The van der Waals surface area contributed by atoms with E-state index in [9.17, 15) is 14.0 Å². The van der Waals surface area contributed by atoms with Gasteiger partial charge in [-0.15, -0.1) is 0 Å². The highest BCUT2D eigenvalue weighted by atomic mass is 35.5. The van der Waals surface area contributed by atoms with Crippen molar-refractivity contribution in [1.29, 1.82) is 0 Å². The summed E-state index contributed by atoms with van der Waals surface area (Å²) in [6.07, 6.45) is 1.64. The van der Waals surface area contributed by atoms with E-state index in [0.29, 0.717) is 36.9 Å². The quantitative estimate of drug-likeness (QED) is 0.564. The fraction of sp³-hybridized carbons (Fsp3) is 0.407. The monoisotopic (exact) mass is 496 g/mol. The molecule has 0 spiro atoms. The van der Waals surface area contributed by atoms with Crippen LogP contribution in [-0.2, 0) is 4.79 Å². The van der Waals surface area contributed by atoms with E-state index in [2.05, 4.69) is 9.88 Å². The van der Waals surface area contributed by atoms with Crippen molar-refractivity contribution < 1.29 is 14.0 Å². The molecule has 0 saturated carbocycles. The summed E-state index contributed by atoms with van der Waals surface area (Å²) in [5, 5.41) is 1.57. The van der Waals surface area contributed by atoms with E-state index in [0.717, 1.165) is 42.5 Å². The molecule has 1 atom stereocenters. The van der Waals surface area contributed by atoms with Crippen LogP contribution in [0, 0.1) is 17.7 Å². The summed E-state index contributed by atoms with van der Waals surface area (Å²) in [6, 6.07) is 13.9. The maximum atomic E-state index is 13.2. The molecule has 2 fully saturated rings. The largest absolute Gasteiger partial charge is 0.368 e. The van der Waals surface area contributed by atoms with Gasteiger partial charge in [0.05, 0.1) is 0 Å².